The van der Waals surface area contributed by atoms with Gasteiger partial charge in [-0.2, -0.15) is 0 Å². The van der Waals surface area contributed by atoms with Crippen LogP contribution in [-0.4, -0.2) is 17.6 Å². The van der Waals surface area contributed by atoms with E-state index in [4.69, 9.17) is 10.8 Å². The highest BCUT2D eigenvalue weighted by Gasteiger charge is 2.40. The molecule has 0 aliphatic rings. The summed E-state index contributed by atoms with van der Waals surface area (Å²) in [4.78, 5) is 0. The molecule has 3 N–H and O–H groups in total. The minimum absolute atomic E-state index is 0.825. The normalized spacial score (nSPS) is 14.0. The fourth-order valence-electron chi connectivity index (χ4n) is 1.12. The molecule has 0 saturated carbocycles. The van der Waals surface area contributed by atoms with Crippen LogP contribution in [-0.2, 0) is 0 Å². The Bertz CT molecular complexity index is 336. The van der Waals surface area contributed by atoms with Gasteiger partial charge in [0.05, 0.1) is 0 Å². The molecule has 1 rings (SSSR count). The second kappa shape index (κ2) is 4.16. The number of hydrogen-bond acceptors (Lipinski definition) is 2. The van der Waals surface area contributed by atoms with Gasteiger partial charge < -0.3 is 10.8 Å². The van der Waals surface area contributed by atoms with E-state index in [1.165, 1.54) is 0 Å². The lowest BCUT2D eigenvalue weighted by atomic mass is 10.0. The minimum atomic E-state index is -3.76. The van der Waals surface area contributed by atoms with E-state index in [1.54, 1.807) is 0 Å². The van der Waals surface area contributed by atoms with Gasteiger partial charge in [-0.3, -0.25) is 0 Å². The van der Waals surface area contributed by atoms with Crippen LogP contribution >= 0.6 is 0 Å². The number of rotatable bonds is 3. The lowest BCUT2D eigenvalue weighted by molar-refractivity contribution is -0.0726. The van der Waals surface area contributed by atoms with Crippen LogP contribution in [0.2, 0.25) is 0 Å². The molecule has 0 amide bonds. The third-order valence-corrected chi connectivity index (χ3v) is 1.98. The van der Waals surface area contributed by atoms with Crippen molar-refractivity contribution in [1.82, 2.24) is 0 Å². The van der Waals surface area contributed by atoms with Gasteiger partial charge in [0.15, 0.2) is 0 Å². The second-order valence-electron chi connectivity index (χ2n) is 3.03. The smallest absolute Gasteiger partial charge is 0.289 e. The predicted octanol–water partition coefficient (Wildman–Crippen LogP) is 1.59. The maximum absolute atomic E-state index is 13.0. The van der Waals surface area contributed by atoms with Gasteiger partial charge in [0.1, 0.15) is 24.3 Å². The van der Waals surface area contributed by atoms with Gasteiger partial charge in [0, 0.05) is 5.56 Å². The van der Waals surface area contributed by atoms with Crippen LogP contribution in [0.1, 0.15) is 11.6 Å². The summed E-state index contributed by atoms with van der Waals surface area (Å²) < 4.78 is 51.8. The SMILES string of the molecule is N[C@H](c1c(F)cccc1F)C(F)(F)CO. The topological polar surface area (TPSA) is 46.2 Å². The highest BCUT2D eigenvalue weighted by Crippen LogP contribution is 2.31. The van der Waals surface area contributed by atoms with E-state index in [2.05, 4.69) is 0 Å². The van der Waals surface area contributed by atoms with Gasteiger partial charge in [-0.15, -0.1) is 0 Å². The van der Waals surface area contributed by atoms with Crippen molar-refractivity contribution < 1.29 is 22.7 Å². The summed E-state index contributed by atoms with van der Waals surface area (Å²) in [6.07, 6.45) is 0. The Morgan fingerprint density at radius 3 is 2.13 bits per heavy atom. The van der Waals surface area contributed by atoms with E-state index in [0.717, 1.165) is 18.2 Å². The molecule has 2 nitrogen and oxygen atoms in total. The second-order valence-corrected chi connectivity index (χ2v) is 3.03. The zero-order valence-electron chi connectivity index (χ0n) is 7.55. The van der Waals surface area contributed by atoms with E-state index in [9.17, 15) is 17.6 Å². The summed E-state index contributed by atoms with van der Waals surface area (Å²) in [5.41, 5.74) is 4.08. The molecule has 15 heavy (non-hydrogen) atoms. The first-order chi connectivity index (χ1) is 6.90. The van der Waals surface area contributed by atoms with Crippen LogP contribution in [0.3, 0.4) is 0 Å². The fraction of sp³-hybridized carbons (Fsp3) is 0.333. The van der Waals surface area contributed by atoms with E-state index in [1.807, 2.05) is 0 Å². The van der Waals surface area contributed by atoms with Gasteiger partial charge in [0.2, 0.25) is 0 Å². The molecule has 6 heteroatoms. The fourth-order valence-corrected chi connectivity index (χ4v) is 1.12. The Labute approximate surface area is 83.3 Å². The Morgan fingerprint density at radius 2 is 1.73 bits per heavy atom. The molecule has 1 aromatic rings. The molecular weight excluding hydrogens is 214 g/mol. The molecule has 1 atom stereocenters. The average molecular weight is 223 g/mol. The molecule has 0 saturated heterocycles. The van der Waals surface area contributed by atoms with Crippen LogP contribution in [0.15, 0.2) is 18.2 Å². The third kappa shape index (κ3) is 2.27. The van der Waals surface area contributed by atoms with Crippen molar-refractivity contribution in [1.29, 1.82) is 0 Å². The molecule has 0 bridgehead atoms. The van der Waals surface area contributed by atoms with E-state index in [0.29, 0.717) is 0 Å². The summed E-state index contributed by atoms with van der Waals surface area (Å²) in [5, 5.41) is 8.33. The van der Waals surface area contributed by atoms with Crippen molar-refractivity contribution in [3.8, 4) is 0 Å². The molecule has 0 fully saturated rings. The number of benzene rings is 1. The standard InChI is InChI=1S/C9H9F4NO/c10-5-2-1-3-6(11)7(5)8(14)9(12,13)4-15/h1-3,8,15H,4,14H2/t8-/m1/s1. The summed E-state index contributed by atoms with van der Waals surface area (Å²) in [7, 11) is 0. The zero-order valence-corrected chi connectivity index (χ0v) is 7.55. The molecule has 84 valence electrons. The minimum Gasteiger partial charge on any atom is -0.390 e. The van der Waals surface area contributed by atoms with Crippen LogP contribution in [0, 0.1) is 11.6 Å². The molecule has 0 radical (unpaired) electrons. The maximum Gasteiger partial charge on any atom is 0.289 e. The lowest BCUT2D eigenvalue weighted by Gasteiger charge is -2.22. The number of halogens is 4. The van der Waals surface area contributed by atoms with Crippen molar-refractivity contribution >= 4 is 0 Å². The Balaban J connectivity index is 3.16. The molecule has 0 aromatic heterocycles. The first-order valence-electron chi connectivity index (χ1n) is 4.08. The van der Waals surface area contributed by atoms with Crippen LogP contribution < -0.4 is 5.73 Å². The molecular formula is C9H9F4NO. The Kier molecular flexibility index (Phi) is 3.31. The number of hydrogen-bond donors (Lipinski definition) is 2. The average Bonchev–Trinajstić information content (AvgIpc) is 2.17. The van der Waals surface area contributed by atoms with Crippen LogP contribution in [0.5, 0.6) is 0 Å². The number of aliphatic hydroxyl groups is 1. The first-order valence-corrected chi connectivity index (χ1v) is 4.08. The molecule has 0 aliphatic carbocycles. The van der Waals surface area contributed by atoms with Gasteiger partial charge in [0.25, 0.3) is 5.92 Å². The molecule has 0 heterocycles. The van der Waals surface area contributed by atoms with Gasteiger partial charge in [-0.1, -0.05) is 6.07 Å². The van der Waals surface area contributed by atoms with Crippen LogP contribution in [0.25, 0.3) is 0 Å². The van der Waals surface area contributed by atoms with Gasteiger partial charge >= 0.3 is 0 Å². The van der Waals surface area contributed by atoms with Crippen molar-refractivity contribution in [3.63, 3.8) is 0 Å². The first kappa shape index (κ1) is 11.9. The summed E-state index contributed by atoms with van der Waals surface area (Å²) >= 11 is 0. The van der Waals surface area contributed by atoms with E-state index >= 15 is 0 Å². The number of aliphatic hydroxyl groups excluding tert-OH is 1. The zero-order chi connectivity index (χ0) is 11.6. The Morgan fingerprint density at radius 1 is 1.27 bits per heavy atom. The lowest BCUT2D eigenvalue weighted by Crippen LogP contribution is -2.37. The third-order valence-electron chi connectivity index (χ3n) is 1.98. The van der Waals surface area contributed by atoms with Crippen LogP contribution in [0.4, 0.5) is 17.6 Å². The molecule has 1 aromatic carbocycles. The summed E-state index contributed by atoms with van der Waals surface area (Å²) in [6, 6.07) is 0.485. The van der Waals surface area contributed by atoms with Crippen molar-refractivity contribution in [3.05, 3.63) is 35.4 Å². The van der Waals surface area contributed by atoms with Gasteiger partial charge in [-0.05, 0) is 12.1 Å². The maximum atomic E-state index is 13.0. The van der Waals surface area contributed by atoms with Crippen molar-refractivity contribution in [2.45, 2.75) is 12.0 Å². The van der Waals surface area contributed by atoms with Gasteiger partial charge in [-0.25, -0.2) is 17.6 Å². The largest absolute Gasteiger partial charge is 0.390 e. The highest BCUT2D eigenvalue weighted by atomic mass is 19.3. The summed E-state index contributed by atoms with van der Waals surface area (Å²) in [6.45, 7) is -1.57. The monoisotopic (exact) mass is 223 g/mol. The molecule has 0 aliphatic heterocycles. The molecule has 0 unspecified atom stereocenters. The van der Waals surface area contributed by atoms with E-state index in [-0.39, 0.29) is 0 Å². The van der Waals surface area contributed by atoms with E-state index < -0.39 is 35.8 Å². The van der Waals surface area contributed by atoms with Crippen molar-refractivity contribution in [2.24, 2.45) is 5.73 Å². The number of nitrogens with two attached hydrogens (primary N) is 1. The number of alkyl halides is 2. The van der Waals surface area contributed by atoms with Crippen molar-refractivity contribution in [2.75, 3.05) is 6.61 Å². The molecule has 0 spiro atoms. The predicted molar refractivity (Wildman–Crippen MR) is 45.3 cm³/mol. The Hall–Kier alpha value is -1.14. The summed E-state index contributed by atoms with van der Waals surface area (Å²) in [5.74, 6) is -6.07. The highest BCUT2D eigenvalue weighted by molar-refractivity contribution is 5.24. The quantitative estimate of drug-likeness (QED) is 0.764.